The molecule has 30 heavy (non-hydrogen) atoms. The summed E-state index contributed by atoms with van der Waals surface area (Å²) < 4.78 is 5.24. The van der Waals surface area contributed by atoms with Gasteiger partial charge in [0.25, 0.3) is 5.91 Å². The molecule has 9 heteroatoms. The summed E-state index contributed by atoms with van der Waals surface area (Å²) in [6.07, 6.45) is 0.104. The molecule has 0 aliphatic carbocycles. The topological polar surface area (TPSA) is 126 Å². The standard InChI is InChI=1S/C21H22N4O5/c1-12(26)22-13-7-9-18(30-2)17(11-13)23-19(27)10-8-16-21(29)24-15-6-4-3-5-14(15)20(28)25-16/h3-7,9,11,16H,8,10H2,1-2H3,(H,22,26)(H,23,27)(H,24,29)(H,25,28)/t16-/m1/s1. The number of anilines is 3. The van der Waals surface area contributed by atoms with Crippen molar-refractivity contribution in [3.8, 4) is 5.75 Å². The number of carbonyl (C=O) groups excluding carboxylic acids is 4. The van der Waals surface area contributed by atoms with E-state index < -0.39 is 6.04 Å². The Bertz CT molecular complexity index is 1000. The zero-order valence-electron chi connectivity index (χ0n) is 16.6. The van der Waals surface area contributed by atoms with Crippen molar-refractivity contribution in [2.24, 2.45) is 0 Å². The van der Waals surface area contributed by atoms with Crippen molar-refractivity contribution in [1.82, 2.24) is 5.32 Å². The van der Waals surface area contributed by atoms with E-state index in [0.717, 1.165) is 0 Å². The Labute approximate surface area is 173 Å². The highest BCUT2D eigenvalue weighted by Crippen LogP contribution is 2.28. The maximum atomic E-state index is 12.5. The highest BCUT2D eigenvalue weighted by atomic mass is 16.5. The number of ether oxygens (including phenoxy) is 1. The SMILES string of the molecule is COc1ccc(NC(C)=O)cc1NC(=O)CC[C@H]1NC(=O)c2ccccc2NC1=O. The lowest BCUT2D eigenvalue weighted by Gasteiger charge is -2.15. The van der Waals surface area contributed by atoms with Crippen LogP contribution < -0.4 is 26.0 Å². The quantitative estimate of drug-likeness (QED) is 0.580. The maximum Gasteiger partial charge on any atom is 0.254 e. The Hall–Kier alpha value is -3.88. The number of carbonyl (C=O) groups is 4. The van der Waals surface area contributed by atoms with Gasteiger partial charge in [-0.3, -0.25) is 19.2 Å². The predicted octanol–water partition coefficient (Wildman–Crippen LogP) is 2.12. The average Bonchev–Trinajstić information content (AvgIpc) is 2.82. The van der Waals surface area contributed by atoms with Gasteiger partial charge < -0.3 is 26.0 Å². The number of amides is 4. The van der Waals surface area contributed by atoms with Gasteiger partial charge in [-0.25, -0.2) is 0 Å². The Morgan fingerprint density at radius 1 is 1.10 bits per heavy atom. The van der Waals surface area contributed by atoms with Crippen LogP contribution in [-0.2, 0) is 14.4 Å². The Kier molecular flexibility index (Phi) is 6.31. The van der Waals surface area contributed by atoms with Crippen molar-refractivity contribution in [2.75, 3.05) is 23.1 Å². The molecule has 0 saturated carbocycles. The summed E-state index contributed by atoms with van der Waals surface area (Å²) in [7, 11) is 1.46. The van der Waals surface area contributed by atoms with Crippen molar-refractivity contribution < 1.29 is 23.9 Å². The van der Waals surface area contributed by atoms with Gasteiger partial charge in [0.2, 0.25) is 17.7 Å². The highest BCUT2D eigenvalue weighted by Gasteiger charge is 2.28. The van der Waals surface area contributed by atoms with Crippen LogP contribution in [0.5, 0.6) is 5.75 Å². The molecule has 156 valence electrons. The number of benzene rings is 2. The van der Waals surface area contributed by atoms with Crippen LogP contribution in [-0.4, -0.2) is 36.8 Å². The van der Waals surface area contributed by atoms with Gasteiger partial charge in [-0.05, 0) is 36.8 Å². The molecule has 1 atom stereocenters. The zero-order chi connectivity index (χ0) is 21.7. The minimum absolute atomic E-state index is 0.0117. The summed E-state index contributed by atoms with van der Waals surface area (Å²) in [5.41, 5.74) is 1.70. The summed E-state index contributed by atoms with van der Waals surface area (Å²) in [5.74, 6) is -0.940. The van der Waals surface area contributed by atoms with Gasteiger partial charge in [-0.2, -0.15) is 0 Å². The molecule has 4 amide bonds. The second-order valence-electron chi connectivity index (χ2n) is 6.74. The molecule has 2 aromatic rings. The van der Waals surface area contributed by atoms with Crippen LogP contribution in [0.4, 0.5) is 17.1 Å². The second kappa shape index (κ2) is 9.08. The molecule has 2 aromatic carbocycles. The van der Waals surface area contributed by atoms with Gasteiger partial charge in [0, 0.05) is 19.0 Å². The van der Waals surface area contributed by atoms with Crippen molar-refractivity contribution in [3.05, 3.63) is 48.0 Å². The molecule has 3 rings (SSSR count). The highest BCUT2D eigenvalue weighted by molar-refractivity contribution is 6.10. The van der Waals surface area contributed by atoms with E-state index in [9.17, 15) is 19.2 Å². The summed E-state index contributed by atoms with van der Waals surface area (Å²) >= 11 is 0. The third kappa shape index (κ3) is 4.93. The summed E-state index contributed by atoms with van der Waals surface area (Å²) in [6.45, 7) is 1.38. The average molecular weight is 410 g/mol. The second-order valence-corrected chi connectivity index (χ2v) is 6.74. The molecule has 0 fully saturated rings. The lowest BCUT2D eigenvalue weighted by atomic mass is 10.1. The first-order valence-electron chi connectivity index (χ1n) is 9.33. The predicted molar refractivity (Wildman–Crippen MR) is 111 cm³/mol. The minimum Gasteiger partial charge on any atom is -0.495 e. The fourth-order valence-electron chi connectivity index (χ4n) is 3.09. The molecule has 1 heterocycles. The van der Waals surface area contributed by atoms with E-state index in [4.69, 9.17) is 4.74 Å². The van der Waals surface area contributed by atoms with E-state index in [1.54, 1.807) is 42.5 Å². The van der Waals surface area contributed by atoms with E-state index >= 15 is 0 Å². The molecule has 1 aliphatic rings. The van der Waals surface area contributed by atoms with E-state index in [1.165, 1.54) is 14.0 Å². The van der Waals surface area contributed by atoms with Gasteiger partial charge in [-0.15, -0.1) is 0 Å². The third-order valence-electron chi connectivity index (χ3n) is 4.51. The van der Waals surface area contributed by atoms with Gasteiger partial charge >= 0.3 is 0 Å². The zero-order valence-corrected chi connectivity index (χ0v) is 16.6. The maximum absolute atomic E-state index is 12.5. The number of para-hydroxylation sites is 1. The lowest BCUT2D eigenvalue weighted by molar-refractivity contribution is -0.119. The molecular formula is C21H22N4O5. The van der Waals surface area contributed by atoms with Gasteiger partial charge in [0.15, 0.2) is 0 Å². The van der Waals surface area contributed by atoms with E-state index in [0.29, 0.717) is 28.4 Å². The van der Waals surface area contributed by atoms with Crippen molar-refractivity contribution in [2.45, 2.75) is 25.8 Å². The number of rotatable bonds is 6. The van der Waals surface area contributed by atoms with Crippen LogP contribution >= 0.6 is 0 Å². The van der Waals surface area contributed by atoms with E-state index in [1.807, 2.05) is 0 Å². The van der Waals surface area contributed by atoms with Crippen LogP contribution in [0.25, 0.3) is 0 Å². The van der Waals surface area contributed by atoms with Crippen LogP contribution in [0, 0.1) is 0 Å². The molecule has 0 aromatic heterocycles. The molecule has 0 bridgehead atoms. The number of methoxy groups -OCH3 is 1. The van der Waals surface area contributed by atoms with E-state index in [2.05, 4.69) is 21.3 Å². The van der Waals surface area contributed by atoms with Crippen molar-refractivity contribution in [1.29, 1.82) is 0 Å². The molecule has 9 nitrogen and oxygen atoms in total. The lowest BCUT2D eigenvalue weighted by Crippen LogP contribution is -2.41. The smallest absolute Gasteiger partial charge is 0.254 e. The molecule has 0 spiro atoms. The normalized spacial score (nSPS) is 15.2. The van der Waals surface area contributed by atoms with Crippen molar-refractivity contribution in [3.63, 3.8) is 0 Å². The first-order chi connectivity index (χ1) is 14.4. The first-order valence-corrected chi connectivity index (χ1v) is 9.33. The molecule has 0 saturated heterocycles. The number of fused-ring (bicyclic) bond motifs is 1. The van der Waals surface area contributed by atoms with Gasteiger partial charge in [0.1, 0.15) is 11.8 Å². The summed E-state index contributed by atoms with van der Waals surface area (Å²) in [4.78, 5) is 48.5. The van der Waals surface area contributed by atoms with Crippen LogP contribution in [0.15, 0.2) is 42.5 Å². The summed E-state index contributed by atoms with van der Waals surface area (Å²) in [5, 5.41) is 10.7. The van der Waals surface area contributed by atoms with Crippen LogP contribution in [0.1, 0.15) is 30.1 Å². The molecule has 0 unspecified atom stereocenters. The van der Waals surface area contributed by atoms with Gasteiger partial charge in [-0.1, -0.05) is 12.1 Å². The third-order valence-corrected chi connectivity index (χ3v) is 4.51. The van der Waals surface area contributed by atoms with Gasteiger partial charge in [0.05, 0.1) is 24.0 Å². The number of hydrogen-bond acceptors (Lipinski definition) is 5. The fourth-order valence-corrected chi connectivity index (χ4v) is 3.09. The fraction of sp³-hybridized carbons (Fsp3) is 0.238. The van der Waals surface area contributed by atoms with Crippen LogP contribution in [0.3, 0.4) is 0 Å². The minimum atomic E-state index is -0.844. The van der Waals surface area contributed by atoms with Crippen LogP contribution in [0.2, 0.25) is 0 Å². The summed E-state index contributed by atoms with van der Waals surface area (Å²) in [6, 6.07) is 10.7. The monoisotopic (exact) mass is 410 g/mol. The molecule has 1 aliphatic heterocycles. The number of hydrogen-bond donors (Lipinski definition) is 4. The van der Waals surface area contributed by atoms with Crippen molar-refractivity contribution >= 4 is 40.7 Å². The van der Waals surface area contributed by atoms with E-state index in [-0.39, 0.29) is 36.5 Å². The Morgan fingerprint density at radius 3 is 2.60 bits per heavy atom. The largest absolute Gasteiger partial charge is 0.495 e. The molecule has 0 radical (unpaired) electrons. The number of nitrogens with one attached hydrogen (secondary N) is 4. The molecular weight excluding hydrogens is 388 g/mol. The Balaban J connectivity index is 1.64. The Morgan fingerprint density at radius 2 is 1.87 bits per heavy atom. The molecule has 4 N–H and O–H groups in total. The first kappa shape index (κ1) is 20.8.